The van der Waals surface area contributed by atoms with Gasteiger partial charge in [-0.3, -0.25) is 0 Å². The second-order valence-corrected chi connectivity index (χ2v) is 10.9. The summed E-state index contributed by atoms with van der Waals surface area (Å²) in [7, 11) is 0. The first-order valence-electron chi connectivity index (χ1n) is 14.5. The summed E-state index contributed by atoms with van der Waals surface area (Å²) < 4.78 is 76.1. The van der Waals surface area contributed by atoms with Gasteiger partial charge in [0.15, 0.2) is 0 Å². The Morgan fingerprint density at radius 2 is 1.04 bits per heavy atom. The van der Waals surface area contributed by atoms with E-state index in [2.05, 4.69) is 40.5 Å². The van der Waals surface area contributed by atoms with Crippen molar-refractivity contribution in [3.05, 3.63) is 119 Å². The van der Waals surface area contributed by atoms with E-state index in [1.165, 1.54) is 24.3 Å². The van der Waals surface area contributed by atoms with Gasteiger partial charge in [0.25, 0.3) is 0 Å². The zero-order valence-electron chi connectivity index (χ0n) is 26.1. The van der Waals surface area contributed by atoms with Gasteiger partial charge >= 0.3 is 12.4 Å². The number of hydrogen-bond donors (Lipinski definition) is 4. The molecule has 0 bridgehead atoms. The van der Waals surface area contributed by atoms with Crippen LogP contribution in [0.15, 0.2) is 85.5 Å². The lowest BCUT2D eigenvalue weighted by Gasteiger charge is -2.10. The van der Waals surface area contributed by atoms with Gasteiger partial charge in [-0.15, -0.1) is 0 Å². The number of aryl methyl sites for hydroxylation is 4. The minimum atomic E-state index is -4.39. The molecule has 14 heteroatoms. The van der Waals surface area contributed by atoms with E-state index in [4.69, 9.17) is 0 Å². The highest BCUT2D eigenvalue weighted by Crippen LogP contribution is 2.33. The zero-order chi connectivity index (χ0) is 34.6. The Kier molecular flexibility index (Phi) is 9.55. The van der Waals surface area contributed by atoms with Crippen molar-refractivity contribution in [2.75, 3.05) is 10.6 Å². The van der Waals surface area contributed by atoms with E-state index in [-0.39, 0.29) is 11.6 Å². The number of nitrogens with one attached hydrogen (secondary N) is 4. The van der Waals surface area contributed by atoms with E-state index in [0.29, 0.717) is 17.3 Å². The Labute approximate surface area is 271 Å². The molecular weight excluding hydrogens is 634 g/mol. The molecule has 248 valence electrons. The fourth-order valence-electron chi connectivity index (χ4n) is 4.99. The van der Waals surface area contributed by atoms with Crippen molar-refractivity contribution in [3.8, 4) is 22.5 Å². The van der Waals surface area contributed by atoms with Crippen LogP contribution in [0.25, 0.3) is 22.5 Å². The van der Waals surface area contributed by atoms with Gasteiger partial charge in [-0.1, -0.05) is 6.07 Å². The molecule has 0 aliphatic rings. The minimum absolute atomic E-state index is 0.242. The van der Waals surface area contributed by atoms with Crippen LogP contribution in [0.1, 0.15) is 33.6 Å². The van der Waals surface area contributed by atoms with Gasteiger partial charge in [-0.2, -0.15) is 26.3 Å². The van der Waals surface area contributed by atoms with Crippen molar-refractivity contribution < 1.29 is 26.3 Å². The molecule has 0 aliphatic heterocycles. The van der Waals surface area contributed by atoms with Gasteiger partial charge in [0.1, 0.15) is 0 Å². The molecular formula is C34H30F6N8. The Morgan fingerprint density at radius 3 is 1.48 bits per heavy atom. The van der Waals surface area contributed by atoms with Crippen molar-refractivity contribution >= 4 is 23.3 Å². The van der Waals surface area contributed by atoms with Gasteiger partial charge in [-0.25, -0.2) is 19.9 Å². The summed E-state index contributed by atoms with van der Waals surface area (Å²) in [5.74, 6) is 0.569. The van der Waals surface area contributed by atoms with Crippen molar-refractivity contribution in [3.63, 3.8) is 0 Å². The summed E-state index contributed by atoms with van der Waals surface area (Å²) in [4.78, 5) is 23.3. The first-order chi connectivity index (χ1) is 22.7. The third-order valence-corrected chi connectivity index (χ3v) is 7.29. The first-order valence-corrected chi connectivity index (χ1v) is 14.5. The van der Waals surface area contributed by atoms with Crippen LogP contribution in [0.4, 0.5) is 49.6 Å². The van der Waals surface area contributed by atoms with Crippen LogP contribution < -0.4 is 10.6 Å². The second-order valence-electron chi connectivity index (χ2n) is 10.9. The highest BCUT2D eigenvalue weighted by Gasteiger charge is 2.31. The molecule has 4 heterocycles. The lowest BCUT2D eigenvalue weighted by Crippen LogP contribution is -2.05. The van der Waals surface area contributed by atoms with Crippen molar-refractivity contribution in [2.24, 2.45) is 0 Å². The number of H-pyrrole nitrogens is 2. The normalized spacial score (nSPS) is 11.5. The second kappa shape index (κ2) is 13.6. The Balaban J connectivity index is 0.000000188. The maximum atomic E-state index is 12.8. The number of hydrogen-bond acceptors (Lipinski definition) is 6. The average Bonchev–Trinajstić information content (AvgIpc) is 3.55. The number of alkyl halides is 6. The zero-order valence-corrected chi connectivity index (χ0v) is 26.1. The largest absolute Gasteiger partial charge is 0.416 e. The van der Waals surface area contributed by atoms with E-state index in [0.717, 1.165) is 63.6 Å². The third-order valence-electron chi connectivity index (χ3n) is 7.29. The van der Waals surface area contributed by atoms with Crippen molar-refractivity contribution in [2.45, 2.75) is 40.0 Å². The standard InChI is InChI=1S/2C17H15F3N4/c1-10-9-22-11(2)15(10)14-7-8-21-16(24-14)23-13-5-3-12(4-6-13)17(18,19)20;1-10-9-22-11(2)15(10)14-6-7-21-16(24-14)23-13-5-3-4-12(8-13)17(18,19)20/h2*3-9,22H,1-2H3,(H,21,23,24). The Bertz CT molecular complexity index is 1970. The summed E-state index contributed by atoms with van der Waals surface area (Å²) in [5, 5.41) is 5.75. The average molecular weight is 665 g/mol. The summed E-state index contributed by atoms with van der Waals surface area (Å²) in [6.45, 7) is 7.82. The number of nitrogens with zero attached hydrogens (tertiary/aromatic N) is 4. The van der Waals surface area contributed by atoms with Crippen LogP contribution in [-0.4, -0.2) is 29.9 Å². The number of anilines is 4. The number of halogens is 6. The lowest BCUT2D eigenvalue weighted by atomic mass is 10.1. The van der Waals surface area contributed by atoms with Gasteiger partial charge in [-0.05, 0) is 93.4 Å². The van der Waals surface area contributed by atoms with E-state index in [9.17, 15) is 26.3 Å². The highest BCUT2D eigenvalue weighted by molar-refractivity contribution is 5.69. The van der Waals surface area contributed by atoms with Crippen LogP contribution in [0.2, 0.25) is 0 Å². The lowest BCUT2D eigenvalue weighted by molar-refractivity contribution is -0.138. The van der Waals surface area contributed by atoms with E-state index < -0.39 is 23.5 Å². The molecule has 0 atom stereocenters. The van der Waals surface area contributed by atoms with Crippen molar-refractivity contribution in [1.82, 2.24) is 29.9 Å². The minimum Gasteiger partial charge on any atom is -0.364 e. The molecule has 0 radical (unpaired) electrons. The van der Waals surface area contributed by atoms with Crippen LogP contribution in [0.3, 0.4) is 0 Å². The van der Waals surface area contributed by atoms with Gasteiger partial charge in [0.05, 0.1) is 22.5 Å². The maximum Gasteiger partial charge on any atom is 0.416 e. The molecule has 2 aromatic carbocycles. The number of rotatable bonds is 6. The third kappa shape index (κ3) is 8.00. The number of aromatic amines is 2. The monoisotopic (exact) mass is 664 g/mol. The SMILES string of the molecule is Cc1c[nH]c(C)c1-c1ccnc(Nc2ccc(C(F)(F)F)cc2)n1.Cc1c[nH]c(C)c1-c1ccnc(Nc2cccc(C(F)(F)F)c2)n1. The molecule has 0 fully saturated rings. The molecule has 0 saturated carbocycles. The molecule has 4 aromatic heterocycles. The molecule has 6 rings (SSSR count). The fourth-order valence-corrected chi connectivity index (χ4v) is 4.99. The van der Waals surface area contributed by atoms with E-state index in [1.807, 2.05) is 40.1 Å². The molecule has 0 aliphatic carbocycles. The van der Waals surface area contributed by atoms with Crippen LogP contribution in [-0.2, 0) is 12.4 Å². The summed E-state index contributed by atoms with van der Waals surface area (Å²) >= 11 is 0. The quantitative estimate of drug-likeness (QED) is 0.132. The number of benzene rings is 2. The topological polar surface area (TPSA) is 107 Å². The first kappa shape index (κ1) is 33.7. The summed E-state index contributed by atoms with van der Waals surface area (Å²) in [5.41, 5.74) is 6.82. The Hall–Kier alpha value is -5.66. The predicted molar refractivity (Wildman–Crippen MR) is 172 cm³/mol. The fraction of sp³-hybridized carbons (Fsp3) is 0.176. The maximum absolute atomic E-state index is 12.8. The molecule has 0 spiro atoms. The summed E-state index contributed by atoms with van der Waals surface area (Å²) in [6, 6.07) is 13.2. The molecule has 8 nitrogen and oxygen atoms in total. The molecule has 4 N–H and O–H groups in total. The van der Waals surface area contributed by atoms with E-state index >= 15 is 0 Å². The molecule has 0 saturated heterocycles. The van der Waals surface area contributed by atoms with Crippen LogP contribution in [0.5, 0.6) is 0 Å². The molecule has 6 aromatic rings. The predicted octanol–water partition coefficient (Wildman–Crippen LogP) is 9.70. The number of aromatic nitrogens is 6. The summed E-state index contributed by atoms with van der Waals surface area (Å²) in [6.07, 6.45) is -1.77. The Morgan fingerprint density at radius 1 is 0.562 bits per heavy atom. The highest BCUT2D eigenvalue weighted by atomic mass is 19.4. The van der Waals surface area contributed by atoms with E-state index in [1.54, 1.807) is 24.5 Å². The molecule has 0 unspecified atom stereocenters. The van der Waals surface area contributed by atoms with Gasteiger partial charge < -0.3 is 20.6 Å². The smallest absolute Gasteiger partial charge is 0.364 e. The van der Waals surface area contributed by atoms with Crippen molar-refractivity contribution in [1.29, 1.82) is 0 Å². The molecule has 48 heavy (non-hydrogen) atoms. The van der Waals surface area contributed by atoms with Crippen LogP contribution >= 0.6 is 0 Å². The van der Waals surface area contributed by atoms with Gasteiger partial charge in [0.2, 0.25) is 11.9 Å². The van der Waals surface area contributed by atoms with Gasteiger partial charge in [0, 0.05) is 58.7 Å². The van der Waals surface area contributed by atoms with Crippen LogP contribution in [0, 0.1) is 27.7 Å². The molecule has 0 amide bonds.